The van der Waals surface area contributed by atoms with Crippen LogP contribution in [0, 0.1) is 17.2 Å². The lowest BCUT2D eigenvalue weighted by molar-refractivity contribution is 0.509. The number of thioether (sulfide) groups is 1. The average molecular weight is 408 g/mol. The Morgan fingerprint density at radius 1 is 1.50 bits per heavy atom. The van der Waals surface area contributed by atoms with E-state index in [1.54, 1.807) is 28.0 Å². The van der Waals surface area contributed by atoms with Gasteiger partial charge in [0.05, 0.1) is 17.0 Å². The Labute approximate surface area is 172 Å². The number of thiophene rings is 1. The number of hydrogen-bond acceptors (Lipinski definition) is 5. The van der Waals surface area contributed by atoms with Gasteiger partial charge in [-0.05, 0) is 48.4 Å². The van der Waals surface area contributed by atoms with Crippen LogP contribution in [0.3, 0.4) is 0 Å². The van der Waals surface area contributed by atoms with Crippen LogP contribution in [0.5, 0.6) is 0 Å². The molecule has 3 aromatic rings. The van der Waals surface area contributed by atoms with Crippen molar-refractivity contribution in [1.29, 1.82) is 5.26 Å². The number of hydrogen-bond donors (Lipinski definition) is 0. The van der Waals surface area contributed by atoms with Gasteiger partial charge in [0.25, 0.3) is 5.56 Å². The molecular weight excluding hydrogens is 386 g/mol. The smallest absolute Gasteiger partial charge is 0.263 e. The van der Waals surface area contributed by atoms with Gasteiger partial charge in [-0.3, -0.25) is 9.36 Å². The molecule has 0 saturated carbocycles. The summed E-state index contributed by atoms with van der Waals surface area (Å²) in [5.74, 6) is 1.32. The zero-order chi connectivity index (χ0) is 19.7. The number of allylic oxidation sites excluding steroid dienone is 1. The second kappa shape index (κ2) is 7.94. The second-order valence-electron chi connectivity index (χ2n) is 7.23. The lowest BCUT2D eigenvalue weighted by Gasteiger charge is -2.17. The lowest BCUT2D eigenvalue weighted by atomic mass is 9.89. The molecule has 2 aromatic heterocycles. The van der Waals surface area contributed by atoms with Gasteiger partial charge in [-0.2, -0.15) is 5.26 Å². The van der Waals surface area contributed by atoms with E-state index in [4.69, 9.17) is 10.2 Å². The Balaban J connectivity index is 1.75. The van der Waals surface area contributed by atoms with Crippen molar-refractivity contribution in [2.24, 2.45) is 5.92 Å². The summed E-state index contributed by atoms with van der Waals surface area (Å²) >= 11 is 3.22. The molecule has 1 aliphatic rings. The summed E-state index contributed by atoms with van der Waals surface area (Å²) in [6.45, 7) is 6.53. The van der Waals surface area contributed by atoms with E-state index in [0.717, 1.165) is 35.0 Å². The molecule has 1 atom stereocenters. The highest BCUT2D eigenvalue weighted by Gasteiger charge is 2.24. The monoisotopic (exact) mass is 407 g/mol. The number of nitriles is 1. The second-order valence-corrected chi connectivity index (χ2v) is 9.26. The predicted molar refractivity (Wildman–Crippen MR) is 116 cm³/mol. The summed E-state index contributed by atoms with van der Waals surface area (Å²) in [6, 6.07) is 9.73. The van der Waals surface area contributed by atoms with Crippen molar-refractivity contribution in [3.63, 3.8) is 0 Å². The molecule has 0 radical (unpaired) electrons. The predicted octanol–water partition coefficient (Wildman–Crippen LogP) is 4.93. The molecule has 4 nitrogen and oxygen atoms in total. The molecule has 4 rings (SSSR count). The molecular formula is C22H21N3OS2. The fraction of sp³-hybridized carbons (Fsp3) is 0.318. The minimum atomic E-state index is 0.0465. The fourth-order valence-corrected chi connectivity index (χ4v) is 6.06. The van der Waals surface area contributed by atoms with Gasteiger partial charge in [-0.25, -0.2) is 4.98 Å². The van der Waals surface area contributed by atoms with Gasteiger partial charge in [0, 0.05) is 17.2 Å². The minimum Gasteiger partial charge on any atom is -0.283 e. The third-order valence-corrected chi connectivity index (χ3v) is 7.31. The van der Waals surface area contributed by atoms with Gasteiger partial charge in [0.1, 0.15) is 4.83 Å². The normalized spacial score (nSPS) is 15.9. The highest BCUT2D eigenvalue weighted by atomic mass is 32.2. The van der Waals surface area contributed by atoms with Crippen LogP contribution in [0.2, 0.25) is 0 Å². The van der Waals surface area contributed by atoms with Crippen LogP contribution in [-0.2, 0) is 25.1 Å². The summed E-state index contributed by atoms with van der Waals surface area (Å²) in [7, 11) is 0. The maximum Gasteiger partial charge on any atom is 0.263 e. The number of rotatable bonds is 5. The first-order chi connectivity index (χ1) is 13.6. The van der Waals surface area contributed by atoms with Crippen LogP contribution in [0.15, 0.2) is 46.9 Å². The summed E-state index contributed by atoms with van der Waals surface area (Å²) in [5, 5.41) is 10.6. The van der Waals surface area contributed by atoms with Crippen molar-refractivity contribution in [2.75, 3.05) is 0 Å². The van der Waals surface area contributed by atoms with Gasteiger partial charge in [-0.15, -0.1) is 17.9 Å². The quantitative estimate of drug-likeness (QED) is 0.342. The topological polar surface area (TPSA) is 58.7 Å². The molecule has 0 aliphatic heterocycles. The van der Waals surface area contributed by atoms with Crippen molar-refractivity contribution in [3.05, 3.63) is 68.8 Å². The molecule has 2 heterocycles. The van der Waals surface area contributed by atoms with E-state index in [1.807, 2.05) is 18.2 Å². The summed E-state index contributed by atoms with van der Waals surface area (Å²) < 4.78 is 1.74. The molecule has 0 saturated heterocycles. The zero-order valence-electron chi connectivity index (χ0n) is 15.8. The lowest BCUT2D eigenvalue weighted by Crippen LogP contribution is -2.23. The molecule has 0 bridgehead atoms. The first-order valence-corrected chi connectivity index (χ1v) is 11.2. The van der Waals surface area contributed by atoms with Gasteiger partial charge in [0.2, 0.25) is 0 Å². The third kappa shape index (κ3) is 3.52. The van der Waals surface area contributed by atoms with Gasteiger partial charge >= 0.3 is 0 Å². The summed E-state index contributed by atoms with van der Waals surface area (Å²) in [4.78, 5) is 20.4. The molecule has 142 valence electrons. The van der Waals surface area contributed by atoms with Crippen LogP contribution < -0.4 is 5.56 Å². The van der Waals surface area contributed by atoms with E-state index in [-0.39, 0.29) is 5.56 Å². The minimum absolute atomic E-state index is 0.0465. The van der Waals surface area contributed by atoms with Gasteiger partial charge in [-0.1, -0.05) is 36.9 Å². The Hall–Kier alpha value is -2.36. The van der Waals surface area contributed by atoms with E-state index in [0.29, 0.717) is 28.9 Å². The van der Waals surface area contributed by atoms with Crippen molar-refractivity contribution in [1.82, 2.24) is 9.55 Å². The van der Waals surface area contributed by atoms with Gasteiger partial charge in [0.15, 0.2) is 5.16 Å². The van der Waals surface area contributed by atoms with Crippen LogP contribution in [0.25, 0.3) is 10.2 Å². The van der Waals surface area contributed by atoms with Crippen LogP contribution in [-0.4, -0.2) is 9.55 Å². The van der Waals surface area contributed by atoms with E-state index < -0.39 is 0 Å². The number of aryl methyl sites for hydroxylation is 1. The van der Waals surface area contributed by atoms with Crippen molar-refractivity contribution < 1.29 is 0 Å². The maximum atomic E-state index is 13.3. The highest BCUT2D eigenvalue weighted by Crippen LogP contribution is 2.36. The standard InChI is InChI=1S/C22H21N3OS2/c1-3-9-25-21(26)19-17-8-7-14(2)10-18(17)28-20(19)24-22(25)27-13-16-6-4-5-15(11-16)12-23/h3-6,11,14H,1,7-10,13H2,2H3/t14-/m1/s1. The first kappa shape index (κ1) is 19.0. The molecule has 0 fully saturated rings. The van der Waals surface area contributed by atoms with Gasteiger partial charge < -0.3 is 0 Å². The number of aromatic nitrogens is 2. The van der Waals surface area contributed by atoms with Crippen LogP contribution >= 0.6 is 23.1 Å². The Kier molecular flexibility index (Phi) is 5.38. The Morgan fingerprint density at radius 3 is 3.14 bits per heavy atom. The Morgan fingerprint density at radius 2 is 2.36 bits per heavy atom. The maximum absolute atomic E-state index is 13.3. The molecule has 0 unspecified atom stereocenters. The fourth-order valence-electron chi connectivity index (χ4n) is 3.68. The first-order valence-electron chi connectivity index (χ1n) is 9.38. The molecule has 1 aliphatic carbocycles. The van der Waals surface area contributed by atoms with Crippen LogP contribution in [0.1, 0.15) is 34.9 Å². The SMILES string of the molecule is C=CCn1c(SCc2cccc(C#N)c2)nc2sc3c(c2c1=O)CC[C@@H](C)C3. The Bertz CT molecular complexity index is 1150. The number of benzene rings is 1. The van der Waals surface area contributed by atoms with E-state index in [2.05, 4.69) is 19.6 Å². The van der Waals surface area contributed by atoms with E-state index in [9.17, 15) is 4.79 Å². The third-order valence-electron chi connectivity index (χ3n) is 5.12. The average Bonchev–Trinajstić information content (AvgIpc) is 3.06. The summed E-state index contributed by atoms with van der Waals surface area (Å²) in [6.07, 6.45) is 4.89. The molecule has 0 spiro atoms. The number of nitrogens with zero attached hydrogens (tertiary/aromatic N) is 3. The summed E-state index contributed by atoms with van der Waals surface area (Å²) in [5.41, 5.74) is 2.95. The number of fused-ring (bicyclic) bond motifs is 3. The molecule has 6 heteroatoms. The molecule has 0 amide bonds. The van der Waals surface area contributed by atoms with Crippen molar-refractivity contribution >= 4 is 33.3 Å². The van der Waals surface area contributed by atoms with Crippen molar-refractivity contribution in [3.8, 4) is 6.07 Å². The zero-order valence-corrected chi connectivity index (χ0v) is 17.4. The highest BCUT2D eigenvalue weighted by molar-refractivity contribution is 7.98. The molecule has 0 N–H and O–H groups in total. The van der Waals surface area contributed by atoms with Crippen LogP contribution in [0.4, 0.5) is 0 Å². The van der Waals surface area contributed by atoms with Crippen molar-refractivity contribution in [2.45, 2.75) is 43.6 Å². The van der Waals surface area contributed by atoms with E-state index in [1.165, 1.54) is 22.2 Å². The largest absolute Gasteiger partial charge is 0.283 e. The molecule has 1 aromatic carbocycles. The van der Waals surface area contributed by atoms with E-state index >= 15 is 0 Å². The molecule has 28 heavy (non-hydrogen) atoms.